The Hall–Kier alpha value is -0.500. The van der Waals surface area contributed by atoms with Crippen LogP contribution in [0.4, 0.5) is 0 Å². The smallest absolute Gasteiger partial charge is 0.0704 e. The zero-order valence-electron chi connectivity index (χ0n) is 7.45. The number of allylic oxidation sites excluding steroid dienone is 3. The van der Waals surface area contributed by atoms with E-state index < -0.39 is 0 Å². The maximum atomic E-state index is 4.49. The highest BCUT2D eigenvalue weighted by Gasteiger charge is 2.34. The van der Waals surface area contributed by atoms with Crippen molar-refractivity contribution in [3.8, 4) is 0 Å². The Morgan fingerprint density at radius 1 is 1.58 bits per heavy atom. The summed E-state index contributed by atoms with van der Waals surface area (Å²) < 4.78 is 0. The summed E-state index contributed by atoms with van der Waals surface area (Å²) in [7, 11) is 0. The molecule has 0 amide bonds. The molecule has 2 heteroatoms. The number of rotatable bonds is 1. The van der Waals surface area contributed by atoms with Gasteiger partial charge in [0.25, 0.3) is 0 Å². The van der Waals surface area contributed by atoms with Gasteiger partial charge in [-0.2, -0.15) is 0 Å². The summed E-state index contributed by atoms with van der Waals surface area (Å²) in [6.45, 7) is 2.05. The molecule has 0 heterocycles. The molecule has 2 unspecified atom stereocenters. The van der Waals surface area contributed by atoms with E-state index in [0.717, 1.165) is 22.6 Å². The molecule has 2 rings (SSSR count). The molecule has 2 aliphatic carbocycles. The lowest BCUT2D eigenvalue weighted by molar-refractivity contribution is 0.960. The van der Waals surface area contributed by atoms with Crippen molar-refractivity contribution in [1.82, 2.24) is 0 Å². The van der Waals surface area contributed by atoms with Gasteiger partial charge in [0.05, 0.1) is 10.7 Å². The van der Waals surface area contributed by atoms with Crippen LogP contribution in [0.15, 0.2) is 28.9 Å². The van der Waals surface area contributed by atoms with Crippen LogP contribution in [0.2, 0.25) is 0 Å². The summed E-state index contributed by atoms with van der Waals surface area (Å²) in [5, 5.41) is 1.14. The Balaban J connectivity index is 2.09. The van der Waals surface area contributed by atoms with Gasteiger partial charge in [-0.25, -0.2) is 4.99 Å². The molecule has 0 N–H and O–H groups in total. The topological polar surface area (TPSA) is 12.4 Å². The lowest BCUT2D eigenvalue weighted by Crippen LogP contribution is -1.88. The molecule has 1 fully saturated rings. The monoisotopic (exact) mass is 179 g/mol. The molecule has 12 heavy (non-hydrogen) atoms. The standard InChI is InChI=1S/C10H13NS/c1-7(12-2)11-10-4-3-8-5-9(8)6-10/h3-4,6,8-9H,5H2,1-2H3. The average molecular weight is 179 g/mol. The molecular weight excluding hydrogens is 166 g/mol. The van der Waals surface area contributed by atoms with Crippen LogP contribution in [0, 0.1) is 11.8 Å². The van der Waals surface area contributed by atoms with Crippen molar-refractivity contribution in [2.24, 2.45) is 16.8 Å². The fraction of sp³-hybridized carbons (Fsp3) is 0.500. The van der Waals surface area contributed by atoms with Crippen LogP contribution >= 0.6 is 11.8 Å². The number of hydrogen-bond acceptors (Lipinski definition) is 2. The normalized spacial score (nSPS) is 32.8. The molecule has 0 aromatic heterocycles. The van der Waals surface area contributed by atoms with Crippen LogP contribution in [0.5, 0.6) is 0 Å². The Bertz CT molecular complexity index is 276. The fourth-order valence-electron chi connectivity index (χ4n) is 1.45. The van der Waals surface area contributed by atoms with Gasteiger partial charge in [-0.1, -0.05) is 12.2 Å². The number of fused-ring (bicyclic) bond motifs is 1. The molecule has 0 bridgehead atoms. The first-order chi connectivity index (χ1) is 5.79. The summed E-state index contributed by atoms with van der Waals surface area (Å²) in [4.78, 5) is 4.49. The Kier molecular flexibility index (Phi) is 2.09. The van der Waals surface area contributed by atoms with E-state index in [1.807, 2.05) is 0 Å². The SMILES string of the molecule is CSC(C)=NC1=CC2CC2C=C1. The minimum Gasteiger partial charge on any atom is -0.247 e. The van der Waals surface area contributed by atoms with Gasteiger partial charge in [-0.15, -0.1) is 11.8 Å². The molecule has 0 aromatic rings. The van der Waals surface area contributed by atoms with E-state index in [4.69, 9.17) is 0 Å². The highest BCUT2D eigenvalue weighted by atomic mass is 32.2. The second-order valence-electron chi connectivity index (χ2n) is 3.35. The molecule has 0 aromatic carbocycles. The molecular formula is C10H13NS. The van der Waals surface area contributed by atoms with Crippen molar-refractivity contribution in [3.63, 3.8) is 0 Å². The second-order valence-corrected chi connectivity index (χ2v) is 4.35. The van der Waals surface area contributed by atoms with Crippen molar-refractivity contribution in [1.29, 1.82) is 0 Å². The Labute approximate surface area is 77.7 Å². The molecule has 1 nitrogen and oxygen atoms in total. The fourth-order valence-corrected chi connectivity index (χ4v) is 1.64. The third-order valence-electron chi connectivity index (χ3n) is 2.37. The van der Waals surface area contributed by atoms with E-state index in [0.29, 0.717) is 0 Å². The van der Waals surface area contributed by atoms with Gasteiger partial charge < -0.3 is 0 Å². The highest BCUT2D eigenvalue weighted by Crippen LogP contribution is 2.44. The molecule has 0 aliphatic heterocycles. The van der Waals surface area contributed by atoms with Crippen molar-refractivity contribution >= 4 is 16.8 Å². The molecule has 2 atom stereocenters. The van der Waals surface area contributed by atoms with Gasteiger partial charge in [0, 0.05) is 0 Å². The van der Waals surface area contributed by atoms with Crippen molar-refractivity contribution in [2.45, 2.75) is 13.3 Å². The maximum Gasteiger partial charge on any atom is 0.0704 e. The van der Waals surface area contributed by atoms with Gasteiger partial charge in [0.2, 0.25) is 0 Å². The molecule has 64 valence electrons. The van der Waals surface area contributed by atoms with Crippen LogP contribution in [0.25, 0.3) is 0 Å². The van der Waals surface area contributed by atoms with Gasteiger partial charge >= 0.3 is 0 Å². The minimum absolute atomic E-state index is 0.809. The zero-order chi connectivity index (χ0) is 8.55. The van der Waals surface area contributed by atoms with E-state index in [-0.39, 0.29) is 0 Å². The van der Waals surface area contributed by atoms with E-state index in [1.165, 1.54) is 6.42 Å². The van der Waals surface area contributed by atoms with Crippen LogP contribution in [0.3, 0.4) is 0 Å². The summed E-state index contributed by atoms with van der Waals surface area (Å²) in [5.41, 5.74) is 1.15. The number of aliphatic imine (C=N–C) groups is 1. The van der Waals surface area contributed by atoms with E-state index in [1.54, 1.807) is 11.8 Å². The first-order valence-electron chi connectivity index (χ1n) is 4.29. The summed E-state index contributed by atoms with van der Waals surface area (Å²) in [6.07, 6.45) is 10.1. The lowest BCUT2D eigenvalue weighted by atomic mass is 10.1. The van der Waals surface area contributed by atoms with Gasteiger partial charge in [-0.05, 0) is 37.5 Å². The number of thioether (sulfide) groups is 1. The van der Waals surface area contributed by atoms with E-state index in [2.05, 4.69) is 36.4 Å². The largest absolute Gasteiger partial charge is 0.247 e. The summed E-state index contributed by atoms with van der Waals surface area (Å²) in [6, 6.07) is 0. The second kappa shape index (κ2) is 3.09. The van der Waals surface area contributed by atoms with Crippen LogP contribution in [-0.4, -0.2) is 11.3 Å². The zero-order valence-corrected chi connectivity index (χ0v) is 8.27. The van der Waals surface area contributed by atoms with Gasteiger partial charge in [-0.3, -0.25) is 0 Å². The van der Waals surface area contributed by atoms with Crippen molar-refractivity contribution in [3.05, 3.63) is 23.9 Å². The third kappa shape index (κ3) is 1.63. The predicted molar refractivity (Wildman–Crippen MR) is 55.4 cm³/mol. The third-order valence-corrected chi connectivity index (χ3v) is 3.05. The van der Waals surface area contributed by atoms with E-state index >= 15 is 0 Å². The molecule has 1 saturated carbocycles. The van der Waals surface area contributed by atoms with E-state index in [9.17, 15) is 0 Å². The first-order valence-corrected chi connectivity index (χ1v) is 5.51. The summed E-state index contributed by atoms with van der Waals surface area (Å²) >= 11 is 1.71. The quantitative estimate of drug-likeness (QED) is 0.445. The van der Waals surface area contributed by atoms with Crippen molar-refractivity contribution in [2.75, 3.05) is 6.26 Å². The number of nitrogens with zero attached hydrogens (tertiary/aromatic N) is 1. The van der Waals surface area contributed by atoms with Crippen LogP contribution in [0.1, 0.15) is 13.3 Å². The van der Waals surface area contributed by atoms with Crippen molar-refractivity contribution < 1.29 is 0 Å². The van der Waals surface area contributed by atoms with Crippen LogP contribution in [-0.2, 0) is 0 Å². The molecule has 0 saturated heterocycles. The minimum atomic E-state index is 0.809. The van der Waals surface area contributed by atoms with Gasteiger partial charge in [0.1, 0.15) is 0 Å². The highest BCUT2D eigenvalue weighted by molar-refractivity contribution is 8.13. The molecule has 0 radical (unpaired) electrons. The summed E-state index contributed by atoms with van der Waals surface area (Å²) in [5.74, 6) is 1.65. The molecule has 0 spiro atoms. The average Bonchev–Trinajstić information content (AvgIpc) is 2.82. The first kappa shape index (κ1) is 8.11. The number of hydrogen-bond donors (Lipinski definition) is 0. The molecule has 2 aliphatic rings. The predicted octanol–water partition coefficient (Wildman–Crippen LogP) is 2.86. The Morgan fingerprint density at radius 2 is 2.42 bits per heavy atom. The lowest BCUT2D eigenvalue weighted by Gasteiger charge is -2.01. The van der Waals surface area contributed by atoms with Crippen LogP contribution < -0.4 is 0 Å². The Morgan fingerprint density at radius 3 is 3.08 bits per heavy atom. The van der Waals surface area contributed by atoms with Gasteiger partial charge in [0.15, 0.2) is 0 Å². The maximum absolute atomic E-state index is 4.49.